The van der Waals surface area contributed by atoms with E-state index in [4.69, 9.17) is 0 Å². The minimum absolute atomic E-state index is 0.405. The zero-order valence-corrected chi connectivity index (χ0v) is 9.61. The van der Waals surface area contributed by atoms with E-state index in [2.05, 4.69) is 10.3 Å². The zero-order valence-electron chi connectivity index (χ0n) is 9.61. The molecule has 1 aromatic rings. The number of carboxylic acids is 1. The van der Waals surface area contributed by atoms with Crippen LogP contribution in [0.15, 0.2) is 18.3 Å². The lowest BCUT2D eigenvalue weighted by Crippen LogP contribution is -2.39. The van der Waals surface area contributed by atoms with Gasteiger partial charge in [-0.1, -0.05) is 6.92 Å². The Bertz CT molecular complexity index is 421. The van der Waals surface area contributed by atoms with Crippen LogP contribution in [0.25, 0.3) is 0 Å². The first-order valence-electron chi connectivity index (χ1n) is 5.65. The first kappa shape index (κ1) is 12.0. The molecule has 0 aromatic carbocycles. The molecule has 0 radical (unpaired) electrons. The highest BCUT2D eigenvalue weighted by atomic mass is 19.1. The van der Waals surface area contributed by atoms with Crippen molar-refractivity contribution in [3.8, 4) is 0 Å². The van der Waals surface area contributed by atoms with Gasteiger partial charge in [-0.3, -0.25) is 9.78 Å². The summed E-state index contributed by atoms with van der Waals surface area (Å²) in [5.41, 5.74) is 0.123. The molecular formula is C12H15FN2O2. The summed E-state index contributed by atoms with van der Waals surface area (Å²) in [4.78, 5) is 15.3. The molecule has 2 N–H and O–H groups in total. The predicted molar refractivity (Wildman–Crippen MR) is 60.2 cm³/mol. The SMILES string of the molecule is CCC1(c2ccc(F)cn2)CNCC1C(=O)O. The van der Waals surface area contributed by atoms with Gasteiger partial charge in [-0.25, -0.2) is 4.39 Å². The van der Waals surface area contributed by atoms with Gasteiger partial charge in [0.1, 0.15) is 5.82 Å². The fraction of sp³-hybridized carbons (Fsp3) is 0.500. The number of aliphatic carboxylic acids is 1. The summed E-state index contributed by atoms with van der Waals surface area (Å²) in [7, 11) is 0. The van der Waals surface area contributed by atoms with Crippen molar-refractivity contribution >= 4 is 5.97 Å². The average molecular weight is 238 g/mol. The summed E-state index contributed by atoms with van der Waals surface area (Å²) < 4.78 is 12.9. The van der Waals surface area contributed by atoms with Crippen molar-refractivity contribution in [2.24, 2.45) is 5.92 Å². The molecule has 2 unspecified atom stereocenters. The molecule has 0 saturated carbocycles. The first-order valence-corrected chi connectivity index (χ1v) is 5.65. The number of carboxylic acid groups (broad SMARTS) is 1. The second kappa shape index (κ2) is 4.41. The largest absolute Gasteiger partial charge is 0.481 e. The maximum Gasteiger partial charge on any atom is 0.308 e. The molecule has 0 aliphatic carbocycles. The highest BCUT2D eigenvalue weighted by Crippen LogP contribution is 2.37. The van der Waals surface area contributed by atoms with Gasteiger partial charge in [0.2, 0.25) is 0 Å². The van der Waals surface area contributed by atoms with Crippen molar-refractivity contribution in [3.63, 3.8) is 0 Å². The highest BCUT2D eigenvalue weighted by Gasteiger charge is 2.47. The lowest BCUT2D eigenvalue weighted by atomic mass is 9.73. The maximum absolute atomic E-state index is 12.9. The Labute approximate surface area is 98.9 Å². The molecule has 2 atom stereocenters. The van der Waals surface area contributed by atoms with E-state index < -0.39 is 23.1 Å². The number of hydrogen-bond acceptors (Lipinski definition) is 3. The summed E-state index contributed by atoms with van der Waals surface area (Å²) in [6.45, 7) is 2.94. The summed E-state index contributed by atoms with van der Waals surface area (Å²) >= 11 is 0. The Morgan fingerprint density at radius 1 is 1.71 bits per heavy atom. The van der Waals surface area contributed by atoms with E-state index in [-0.39, 0.29) is 0 Å². The van der Waals surface area contributed by atoms with Gasteiger partial charge in [-0.2, -0.15) is 0 Å². The molecule has 1 fully saturated rings. The lowest BCUT2D eigenvalue weighted by molar-refractivity contribution is -0.143. The van der Waals surface area contributed by atoms with Crippen LogP contribution in [0.3, 0.4) is 0 Å². The molecule has 2 heterocycles. The Morgan fingerprint density at radius 3 is 3.00 bits per heavy atom. The Morgan fingerprint density at radius 2 is 2.47 bits per heavy atom. The van der Waals surface area contributed by atoms with Gasteiger partial charge in [-0.05, 0) is 18.6 Å². The third-order valence-electron chi connectivity index (χ3n) is 3.62. The van der Waals surface area contributed by atoms with Crippen LogP contribution in [0.4, 0.5) is 4.39 Å². The Balaban J connectivity index is 2.43. The standard InChI is InChI=1S/C12H15FN2O2/c1-2-12(7-14-6-9(12)11(16)17)10-4-3-8(13)5-15-10/h3-5,9,14H,2,6-7H2,1H3,(H,16,17). The lowest BCUT2D eigenvalue weighted by Gasteiger charge is -2.30. The van der Waals surface area contributed by atoms with Crippen LogP contribution in [0.5, 0.6) is 0 Å². The molecule has 1 saturated heterocycles. The van der Waals surface area contributed by atoms with Gasteiger partial charge in [0.15, 0.2) is 0 Å². The molecule has 0 amide bonds. The number of halogens is 1. The third kappa shape index (κ3) is 1.91. The van der Waals surface area contributed by atoms with Gasteiger partial charge in [0, 0.05) is 24.2 Å². The van der Waals surface area contributed by atoms with Crippen LogP contribution >= 0.6 is 0 Å². The Hall–Kier alpha value is -1.49. The first-order chi connectivity index (χ1) is 8.10. The number of carbonyl (C=O) groups is 1. The Kier molecular flexibility index (Phi) is 3.11. The van der Waals surface area contributed by atoms with Crippen LogP contribution < -0.4 is 5.32 Å². The van der Waals surface area contributed by atoms with E-state index >= 15 is 0 Å². The van der Waals surface area contributed by atoms with E-state index in [1.807, 2.05) is 6.92 Å². The second-order valence-corrected chi connectivity index (χ2v) is 4.39. The molecule has 17 heavy (non-hydrogen) atoms. The van der Waals surface area contributed by atoms with E-state index in [0.29, 0.717) is 25.2 Å². The minimum Gasteiger partial charge on any atom is -0.481 e. The predicted octanol–water partition coefficient (Wildman–Crippen LogP) is 1.17. The number of nitrogens with one attached hydrogen (secondary N) is 1. The summed E-state index contributed by atoms with van der Waals surface area (Å²) in [5, 5.41) is 12.3. The monoisotopic (exact) mass is 238 g/mol. The smallest absolute Gasteiger partial charge is 0.308 e. The second-order valence-electron chi connectivity index (χ2n) is 4.39. The van der Waals surface area contributed by atoms with Gasteiger partial charge < -0.3 is 10.4 Å². The van der Waals surface area contributed by atoms with Crippen molar-refractivity contribution in [2.45, 2.75) is 18.8 Å². The average Bonchev–Trinajstić information content (AvgIpc) is 2.75. The minimum atomic E-state index is -0.831. The van der Waals surface area contributed by atoms with Gasteiger partial charge in [-0.15, -0.1) is 0 Å². The topological polar surface area (TPSA) is 62.2 Å². The van der Waals surface area contributed by atoms with Crippen molar-refractivity contribution in [1.82, 2.24) is 10.3 Å². The summed E-state index contributed by atoms with van der Waals surface area (Å²) in [6.07, 6.45) is 1.81. The van der Waals surface area contributed by atoms with Crippen LogP contribution in [0.1, 0.15) is 19.0 Å². The van der Waals surface area contributed by atoms with Crippen LogP contribution in [0, 0.1) is 11.7 Å². The third-order valence-corrected chi connectivity index (χ3v) is 3.62. The van der Waals surface area contributed by atoms with Gasteiger partial charge >= 0.3 is 5.97 Å². The van der Waals surface area contributed by atoms with Crippen molar-refractivity contribution in [3.05, 3.63) is 29.8 Å². The zero-order chi connectivity index (χ0) is 12.5. The molecular weight excluding hydrogens is 223 g/mol. The molecule has 0 bridgehead atoms. The quantitative estimate of drug-likeness (QED) is 0.829. The molecule has 1 aliphatic rings. The van der Waals surface area contributed by atoms with Crippen LogP contribution in [0.2, 0.25) is 0 Å². The van der Waals surface area contributed by atoms with Crippen molar-refractivity contribution < 1.29 is 14.3 Å². The summed E-state index contributed by atoms with van der Waals surface area (Å²) in [6, 6.07) is 2.92. The molecule has 1 aromatic heterocycles. The number of nitrogens with zero attached hydrogens (tertiary/aromatic N) is 1. The number of aromatic nitrogens is 1. The van der Waals surface area contributed by atoms with Gasteiger partial charge in [0.25, 0.3) is 0 Å². The molecule has 5 heteroatoms. The van der Waals surface area contributed by atoms with E-state index in [0.717, 1.165) is 6.20 Å². The number of rotatable bonds is 3. The van der Waals surface area contributed by atoms with E-state index in [9.17, 15) is 14.3 Å². The highest BCUT2D eigenvalue weighted by molar-refractivity contribution is 5.73. The fourth-order valence-corrected chi connectivity index (χ4v) is 2.57. The molecule has 4 nitrogen and oxygen atoms in total. The van der Waals surface area contributed by atoms with E-state index in [1.54, 1.807) is 6.07 Å². The van der Waals surface area contributed by atoms with Crippen LogP contribution in [-0.2, 0) is 10.2 Å². The number of hydrogen-bond donors (Lipinski definition) is 2. The molecule has 92 valence electrons. The number of pyridine rings is 1. The van der Waals surface area contributed by atoms with Crippen molar-refractivity contribution in [1.29, 1.82) is 0 Å². The molecule has 2 rings (SSSR count). The molecule has 0 spiro atoms. The maximum atomic E-state index is 12.9. The molecule has 1 aliphatic heterocycles. The fourth-order valence-electron chi connectivity index (χ4n) is 2.57. The summed E-state index contributed by atoms with van der Waals surface area (Å²) in [5.74, 6) is -1.74. The van der Waals surface area contributed by atoms with Crippen molar-refractivity contribution in [2.75, 3.05) is 13.1 Å². The van der Waals surface area contributed by atoms with Gasteiger partial charge in [0.05, 0.1) is 12.1 Å². The van der Waals surface area contributed by atoms with Crippen LogP contribution in [-0.4, -0.2) is 29.1 Å². The normalized spacial score (nSPS) is 28.2. The van der Waals surface area contributed by atoms with E-state index in [1.165, 1.54) is 6.07 Å².